The molecule has 0 radical (unpaired) electrons. The summed E-state index contributed by atoms with van der Waals surface area (Å²) in [4.78, 5) is 19.0. The van der Waals surface area contributed by atoms with Crippen molar-refractivity contribution in [2.45, 2.75) is 101 Å². The van der Waals surface area contributed by atoms with E-state index in [0.717, 1.165) is 49.9 Å². The van der Waals surface area contributed by atoms with Gasteiger partial charge in [-0.2, -0.15) is 0 Å². The van der Waals surface area contributed by atoms with Gasteiger partial charge in [-0.05, 0) is 109 Å². The Balaban J connectivity index is 1.31. The van der Waals surface area contributed by atoms with Gasteiger partial charge in [0.2, 0.25) is 5.91 Å². The summed E-state index contributed by atoms with van der Waals surface area (Å²) < 4.78 is 12.7. The van der Waals surface area contributed by atoms with E-state index in [1.807, 2.05) is 0 Å². The lowest BCUT2D eigenvalue weighted by Gasteiger charge is -2.48. The fourth-order valence-electron chi connectivity index (χ4n) is 6.78. The van der Waals surface area contributed by atoms with Crippen LogP contribution in [0, 0.1) is 0 Å². The molecule has 1 aliphatic carbocycles. The lowest BCUT2D eigenvalue weighted by atomic mass is 9.72. The summed E-state index contributed by atoms with van der Waals surface area (Å²) in [6, 6.07) is 7.50. The molecule has 1 amide bonds. The number of hydrogen-bond donors (Lipinski definition) is 1. The lowest BCUT2D eigenvalue weighted by molar-refractivity contribution is -0.125. The smallest absolute Gasteiger partial charge is 0.399 e. The fraction of sp³-hybridized carbons (Fsp3) is 0.741. The molecule has 184 valence electrons. The van der Waals surface area contributed by atoms with Crippen molar-refractivity contribution in [2.75, 3.05) is 31.1 Å². The van der Waals surface area contributed by atoms with Crippen molar-refractivity contribution < 1.29 is 14.1 Å². The maximum Gasteiger partial charge on any atom is 0.494 e. The van der Waals surface area contributed by atoms with Gasteiger partial charge in [0.1, 0.15) is 0 Å². The zero-order valence-corrected chi connectivity index (χ0v) is 21.4. The number of amides is 1. The maximum absolute atomic E-state index is 14.1. The number of nitrogens with one attached hydrogen (secondary N) is 1. The molecule has 7 heteroatoms. The van der Waals surface area contributed by atoms with Crippen LogP contribution in [0.1, 0.15) is 78.2 Å². The van der Waals surface area contributed by atoms with E-state index in [0.29, 0.717) is 18.0 Å². The third kappa shape index (κ3) is 3.41. The third-order valence-corrected chi connectivity index (χ3v) is 9.77. The van der Waals surface area contributed by atoms with E-state index < -0.39 is 7.12 Å². The molecular weight excluding hydrogens is 425 g/mol. The van der Waals surface area contributed by atoms with E-state index >= 15 is 0 Å². The Kier molecular flexibility index (Phi) is 5.45. The maximum atomic E-state index is 14.1. The number of anilines is 1. The van der Waals surface area contributed by atoms with E-state index in [2.05, 4.69) is 61.0 Å². The van der Waals surface area contributed by atoms with Crippen molar-refractivity contribution in [3.8, 4) is 0 Å². The first kappa shape index (κ1) is 23.0. The number of piperidine rings is 2. The van der Waals surface area contributed by atoms with Crippen LogP contribution in [0.15, 0.2) is 18.2 Å². The summed E-state index contributed by atoms with van der Waals surface area (Å²) in [6.45, 7) is 12.6. The molecule has 0 bridgehead atoms. The van der Waals surface area contributed by atoms with E-state index in [-0.39, 0.29) is 16.6 Å². The molecule has 0 atom stereocenters. The summed E-state index contributed by atoms with van der Waals surface area (Å²) in [5, 5.41) is 3.47. The number of hydrogen-bond acceptors (Lipinski definition) is 5. The molecule has 6 nitrogen and oxygen atoms in total. The van der Waals surface area contributed by atoms with Gasteiger partial charge in [0, 0.05) is 17.8 Å². The van der Waals surface area contributed by atoms with Crippen LogP contribution in [0.2, 0.25) is 0 Å². The minimum absolute atomic E-state index is 0.306. The highest BCUT2D eigenvalue weighted by Gasteiger charge is 2.56. The number of benzene rings is 1. The molecule has 4 fully saturated rings. The highest BCUT2D eigenvalue weighted by atomic mass is 16.7. The van der Waals surface area contributed by atoms with Gasteiger partial charge in [-0.15, -0.1) is 0 Å². The van der Waals surface area contributed by atoms with E-state index in [1.54, 1.807) is 0 Å². The Morgan fingerprint density at radius 1 is 0.941 bits per heavy atom. The number of nitrogens with zero attached hydrogens (tertiary/aromatic N) is 2. The Morgan fingerprint density at radius 3 is 2.24 bits per heavy atom. The summed E-state index contributed by atoms with van der Waals surface area (Å²) >= 11 is 0. The predicted molar refractivity (Wildman–Crippen MR) is 136 cm³/mol. The second-order valence-electron chi connectivity index (χ2n) is 12.2. The highest BCUT2D eigenvalue weighted by molar-refractivity contribution is 6.62. The lowest BCUT2D eigenvalue weighted by Crippen LogP contribution is -2.58. The monoisotopic (exact) mass is 465 g/mol. The number of carbonyl (C=O) groups is 1. The van der Waals surface area contributed by atoms with Crippen LogP contribution in [0.5, 0.6) is 0 Å². The van der Waals surface area contributed by atoms with Crippen LogP contribution in [-0.2, 0) is 19.5 Å². The summed E-state index contributed by atoms with van der Waals surface area (Å²) in [5.74, 6) is 0.331. The topological polar surface area (TPSA) is 54.0 Å². The molecule has 5 aliphatic rings. The third-order valence-electron chi connectivity index (χ3n) is 9.77. The van der Waals surface area contributed by atoms with Gasteiger partial charge in [0.15, 0.2) is 0 Å². The molecule has 4 heterocycles. The molecule has 3 saturated heterocycles. The van der Waals surface area contributed by atoms with E-state index in [9.17, 15) is 4.79 Å². The molecule has 1 aromatic carbocycles. The zero-order valence-electron chi connectivity index (χ0n) is 21.4. The van der Waals surface area contributed by atoms with Crippen molar-refractivity contribution in [2.24, 2.45) is 0 Å². The van der Waals surface area contributed by atoms with Gasteiger partial charge in [-0.25, -0.2) is 0 Å². The van der Waals surface area contributed by atoms with Gasteiger partial charge in [-0.1, -0.05) is 18.6 Å². The first-order valence-corrected chi connectivity index (χ1v) is 13.5. The van der Waals surface area contributed by atoms with Gasteiger partial charge in [-0.3, -0.25) is 4.79 Å². The molecule has 6 rings (SSSR count). The molecule has 0 aromatic heterocycles. The number of rotatable bonds is 3. The predicted octanol–water partition coefficient (Wildman–Crippen LogP) is 2.97. The van der Waals surface area contributed by atoms with Crippen LogP contribution in [0.4, 0.5) is 5.69 Å². The molecule has 34 heavy (non-hydrogen) atoms. The Morgan fingerprint density at radius 2 is 1.59 bits per heavy atom. The quantitative estimate of drug-likeness (QED) is 0.696. The number of likely N-dealkylation sites (tertiary alicyclic amines) is 1. The zero-order chi connectivity index (χ0) is 23.7. The Labute approximate surface area is 204 Å². The first-order chi connectivity index (χ1) is 16.2. The van der Waals surface area contributed by atoms with Crippen molar-refractivity contribution in [3.63, 3.8) is 0 Å². The SMILES string of the molecule is CC1(C)OB(c2ccc3c(c2)N(C2CC(N4CCCCC4)C2)C(=O)C32CCNCC2)OC1(C)C. The van der Waals surface area contributed by atoms with Crippen LogP contribution < -0.4 is 15.7 Å². The Hall–Kier alpha value is -1.41. The molecule has 1 spiro atoms. The fourth-order valence-corrected chi connectivity index (χ4v) is 6.78. The van der Waals surface area contributed by atoms with Crippen LogP contribution >= 0.6 is 0 Å². The van der Waals surface area contributed by atoms with Gasteiger partial charge >= 0.3 is 7.12 Å². The van der Waals surface area contributed by atoms with E-state index in [1.165, 1.54) is 37.9 Å². The van der Waals surface area contributed by atoms with Crippen molar-refractivity contribution in [3.05, 3.63) is 23.8 Å². The van der Waals surface area contributed by atoms with Crippen molar-refractivity contribution in [1.82, 2.24) is 10.2 Å². The molecule has 0 unspecified atom stereocenters. The molecule has 4 aliphatic heterocycles. The van der Waals surface area contributed by atoms with E-state index in [4.69, 9.17) is 9.31 Å². The minimum Gasteiger partial charge on any atom is -0.399 e. The highest BCUT2D eigenvalue weighted by Crippen LogP contribution is 2.50. The molecule has 1 saturated carbocycles. The molecule has 1 aromatic rings. The molecule has 1 N–H and O–H groups in total. The Bertz CT molecular complexity index is 946. The van der Waals surface area contributed by atoms with Crippen molar-refractivity contribution in [1.29, 1.82) is 0 Å². The largest absolute Gasteiger partial charge is 0.494 e. The van der Waals surface area contributed by atoms with Gasteiger partial charge in [0.05, 0.1) is 16.6 Å². The summed E-state index contributed by atoms with van der Waals surface area (Å²) in [6.07, 6.45) is 7.96. The number of carbonyl (C=O) groups excluding carboxylic acids is 1. The summed E-state index contributed by atoms with van der Waals surface area (Å²) in [7, 11) is -0.403. The molecular formula is C27H40BN3O3. The van der Waals surface area contributed by atoms with Crippen molar-refractivity contribution >= 4 is 24.2 Å². The van der Waals surface area contributed by atoms with Crippen LogP contribution in [-0.4, -0.2) is 67.4 Å². The number of fused-ring (bicyclic) bond motifs is 2. The van der Waals surface area contributed by atoms with Gasteiger partial charge in [0.25, 0.3) is 0 Å². The second kappa shape index (κ2) is 8.05. The standard InChI is InChI=1S/C27H40BN3O3/c1-25(2)26(3,4)34-28(33-25)19-8-9-22-23(16-19)31(24(32)27(22)10-12-29-13-11-27)21-17-20(18-21)30-14-6-5-7-15-30/h8-9,16,20-21,29H,5-7,10-15,17-18H2,1-4H3. The average Bonchev–Trinajstić information content (AvgIpc) is 3.15. The van der Waals surface area contributed by atoms with Crippen LogP contribution in [0.25, 0.3) is 0 Å². The minimum atomic E-state index is -0.403. The summed E-state index contributed by atoms with van der Waals surface area (Å²) in [5.41, 5.74) is 2.23. The first-order valence-electron chi connectivity index (χ1n) is 13.5. The second-order valence-corrected chi connectivity index (χ2v) is 12.2. The van der Waals surface area contributed by atoms with Gasteiger partial charge < -0.3 is 24.4 Å². The normalized spacial score (nSPS) is 32.2. The average molecular weight is 465 g/mol. The van der Waals surface area contributed by atoms with Crippen LogP contribution in [0.3, 0.4) is 0 Å².